The molecule has 18 heavy (non-hydrogen) atoms. The lowest BCUT2D eigenvalue weighted by Gasteiger charge is -2.12. The van der Waals surface area contributed by atoms with E-state index in [1.54, 1.807) is 7.11 Å². The molecule has 5 nitrogen and oxygen atoms in total. The largest absolute Gasteiger partial charge is 0.497 e. The van der Waals surface area contributed by atoms with E-state index < -0.39 is 0 Å². The first-order valence-corrected chi connectivity index (χ1v) is 6.48. The summed E-state index contributed by atoms with van der Waals surface area (Å²) in [5.41, 5.74) is 1.83. The number of ether oxygens (including phenoxy) is 1. The van der Waals surface area contributed by atoms with Crippen molar-refractivity contribution in [2.75, 3.05) is 20.2 Å². The predicted molar refractivity (Wildman–Crippen MR) is 69.8 cm³/mol. The zero-order chi connectivity index (χ0) is 12.4. The van der Waals surface area contributed by atoms with Crippen molar-refractivity contribution in [3.8, 4) is 5.75 Å². The highest BCUT2D eigenvalue weighted by atomic mass is 16.5. The predicted octanol–water partition coefficient (Wildman–Crippen LogP) is 1.75. The van der Waals surface area contributed by atoms with Crippen molar-refractivity contribution in [1.82, 2.24) is 20.3 Å². The number of nitrogens with one attached hydrogen (secondary N) is 1. The van der Waals surface area contributed by atoms with Gasteiger partial charge in [0.1, 0.15) is 16.8 Å². The van der Waals surface area contributed by atoms with Crippen molar-refractivity contribution in [1.29, 1.82) is 0 Å². The molecule has 3 rings (SSSR count). The van der Waals surface area contributed by atoms with E-state index in [-0.39, 0.29) is 0 Å². The zero-order valence-corrected chi connectivity index (χ0v) is 10.6. The fourth-order valence-corrected chi connectivity index (χ4v) is 2.40. The number of benzene rings is 1. The number of rotatable bonds is 2. The average Bonchev–Trinajstić information content (AvgIpc) is 2.63. The Morgan fingerprint density at radius 3 is 3.06 bits per heavy atom. The van der Waals surface area contributed by atoms with E-state index in [1.165, 1.54) is 12.8 Å². The number of hydrogen-bond donors (Lipinski definition) is 1. The maximum Gasteiger partial charge on any atom is 0.121 e. The quantitative estimate of drug-likeness (QED) is 0.877. The van der Waals surface area contributed by atoms with Gasteiger partial charge in [0.2, 0.25) is 0 Å². The van der Waals surface area contributed by atoms with Gasteiger partial charge in [-0.1, -0.05) is 0 Å². The second-order valence-electron chi connectivity index (χ2n) is 4.73. The molecule has 2 heterocycles. The van der Waals surface area contributed by atoms with E-state index in [0.717, 1.165) is 36.3 Å². The fourth-order valence-electron chi connectivity index (χ4n) is 2.40. The summed E-state index contributed by atoms with van der Waals surface area (Å²) >= 11 is 0. The highest BCUT2D eigenvalue weighted by Gasteiger charge is 2.16. The summed E-state index contributed by atoms with van der Waals surface area (Å²) in [5, 5.41) is 12.6. The molecule has 1 fully saturated rings. The van der Waals surface area contributed by atoms with Gasteiger partial charge in [0, 0.05) is 12.6 Å². The summed E-state index contributed by atoms with van der Waals surface area (Å²) < 4.78 is 5.21. The molecule has 96 valence electrons. The highest BCUT2D eigenvalue weighted by molar-refractivity contribution is 5.75. The number of aromatic nitrogens is 3. The van der Waals surface area contributed by atoms with Crippen molar-refractivity contribution in [3.05, 3.63) is 18.2 Å². The van der Waals surface area contributed by atoms with Gasteiger partial charge in [0.25, 0.3) is 0 Å². The Morgan fingerprint density at radius 1 is 1.28 bits per heavy atom. The number of methoxy groups -OCH3 is 1. The highest BCUT2D eigenvalue weighted by Crippen LogP contribution is 2.21. The smallest absolute Gasteiger partial charge is 0.121 e. The van der Waals surface area contributed by atoms with Crippen molar-refractivity contribution < 1.29 is 4.74 Å². The molecule has 1 aromatic carbocycles. The second-order valence-corrected chi connectivity index (χ2v) is 4.73. The third-order valence-electron chi connectivity index (χ3n) is 3.45. The Labute approximate surface area is 106 Å². The molecule has 0 saturated carbocycles. The lowest BCUT2D eigenvalue weighted by molar-refractivity contribution is 0.382. The molecule has 1 atom stereocenters. The van der Waals surface area contributed by atoms with Crippen LogP contribution >= 0.6 is 0 Å². The molecule has 1 aromatic heterocycles. The Morgan fingerprint density at radius 2 is 2.17 bits per heavy atom. The topological polar surface area (TPSA) is 52.0 Å². The monoisotopic (exact) mass is 246 g/mol. The first-order chi connectivity index (χ1) is 8.86. The average molecular weight is 246 g/mol. The lowest BCUT2D eigenvalue weighted by Crippen LogP contribution is -2.24. The molecule has 0 aliphatic carbocycles. The molecule has 1 aliphatic heterocycles. The van der Waals surface area contributed by atoms with Gasteiger partial charge in [-0.25, -0.2) is 0 Å². The molecule has 2 aromatic rings. The van der Waals surface area contributed by atoms with E-state index in [2.05, 4.69) is 15.5 Å². The van der Waals surface area contributed by atoms with Crippen LogP contribution < -0.4 is 10.1 Å². The summed E-state index contributed by atoms with van der Waals surface area (Å²) in [7, 11) is 1.67. The van der Waals surface area contributed by atoms with Crippen LogP contribution in [0.5, 0.6) is 5.75 Å². The van der Waals surface area contributed by atoms with E-state index >= 15 is 0 Å². The molecule has 1 N–H and O–H groups in total. The number of nitrogens with zero attached hydrogens (tertiary/aromatic N) is 3. The van der Waals surface area contributed by atoms with Gasteiger partial charge in [-0.15, -0.1) is 0 Å². The van der Waals surface area contributed by atoms with Crippen LogP contribution in [-0.2, 0) is 0 Å². The maximum atomic E-state index is 5.21. The van der Waals surface area contributed by atoms with Crippen LogP contribution in [0, 0.1) is 0 Å². The summed E-state index contributed by atoms with van der Waals surface area (Å²) in [6.45, 7) is 2.06. The molecule has 0 bridgehead atoms. The molecular formula is C13H18N4O. The Hall–Kier alpha value is -1.62. The minimum absolute atomic E-state index is 0.367. The van der Waals surface area contributed by atoms with Crippen molar-refractivity contribution >= 4 is 11.0 Å². The Balaban J connectivity index is 1.91. The minimum Gasteiger partial charge on any atom is -0.497 e. The molecule has 5 heteroatoms. The molecule has 1 unspecified atom stereocenters. The summed E-state index contributed by atoms with van der Waals surface area (Å²) in [6, 6.07) is 6.18. The van der Waals surface area contributed by atoms with Crippen LogP contribution in [0.1, 0.15) is 25.3 Å². The molecule has 0 spiro atoms. The summed E-state index contributed by atoms with van der Waals surface area (Å²) in [4.78, 5) is 1.86. The Bertz CT molecular complexity index is 529. The molecule has 0 amide bonds. The van der Waals surface area contributed by atoms with Gasteiger partial charge in [0.05, 0.1) is 13.2 Å². The van der Waals surface area contributed by atoms with Crippen LogP contribution in [0.15, 0.2) is 18.2 Å². The summed E-state index contributed by atoms with van der Waals surface area (Å²) in [5.74, 6) is 0.827. The van der Waals surface area contributed by atoms with E-state index in [1.807, 2.05) is 23.0 Å². The third kappa shape index (κ3) is 2.18. The second kappa shape index (κ2) is 4.94. The maximum absolute atomic E-state index is 5.21. The third-order valence-corrected chi connectivity index (χ3v) is 3.45. The molecular weight excluding hydrogens is 228 g/mol. The van der Waals surface area contributed by atoms with Gasteiger partial charge in [-0.05, 0) is 37.9 Å². The normalized spacial score (nSPS) is 20.8. The van der Waals surface area contributed by atoms with Crippen molar-refractivity contribution in [2.45, 2.75) is 25.3 Å². The standard InChI is InChI=1S/C13H18N4O/c1-18-11-5-6-12-13(8-11)16-17(15-12)10-4-2-3-7-14-9-10/h5-6,8,10,14H,2-4,7,9H2,1H3. The Kier molecular flexibility index (Phi) is 3.15. The van der Waals surface area contributed by atoms with Gasteiger partial charge in [0.15, 0.2) is 0 Å². The fraction of sp³-hybridized carbons (Fsp3) is 0.538. The minimum atomic E-state index is 0.367. The van der Waals surface area contributed by atoms with E-state index in [4.69, 9.17) is 4.74 Å². The zero-order valence-electron chi connectivity index (χ0n) is 10.6. The van der Waals surface area contributed by atoms with Gasteiger partial charge >= 0.3 is 0 Å². The molecule has 0 radical (unpaired) electrons. The first-order valence-electron chi connectivity index (χ1n) is 6.48. The van der Waals surface area contributed by atoms with Gasteiger partial charge in [-0.2, -0.15) is 15.0 Å². The van der Waals surface area contributed by atoms with Gasteiger partial charge < -0.3 is 10.1 Å². The van der Waals surface area contributed by atoms with E-state index in [0.29, 0.717) is 6.04 Å². The first kappa shape index (κ1) is 11.5. The number of hydrogen-bond acceptors (Lipinski definition) is 4. The lowest BCUT2D eigenvalue weighted by atomic mass is 10.1. The van der Waals surface area contributed by atoms with Crippen LogP contribution in [0.4, 0.5) is 0 Å². The van der Waals surface area contributed by atoms with Crippen LogP contribution in [0.3, 0.4) is 0 Å². The van der Waals surface area contributed by atoms with E-state index in [9.17, 15) is 0 Å². The van der Waals surface area contributed by atoms with Crippen LogP contribution in [0.2, 0.25) is 0 Å². The number of fused-ring (bicyclic) bond motifs is 1. The van der Waals surface area contributed by atoms with Gasteiger partial charge in [-0.3, -0.25) is 0 Å². The summed E-state index contributed by atoms with van der Waals surface area (Å²) in [6.07, 6.45) is 3.62. The van der Waals surface area contributed by atoms with Crippen molar-refractivity contribution in [2.24, 2.45) is 0 Å². The van der Waals surface area contributed by atoms with Crippen LogP contribution in [0.25, 0.3) is 11.0 Å². The SMILES string of the molecule is COc1ccc2nn(C3CCCCNC3)nc2c1. The van der Waals surface area contributed by atoms with Crippen LogP contribution in [-0.4, -0.2) is 35.2 Å². The molecule has 1 saturated heterocycles. The molecule has 1 aliphatic rings. The van der Waals surface area contributed by atoms with Crippen molar-refractivity contribution in [3.63, 3.8) is 0 Å².